The second-order valence-electron chi connectivity index (χ2n) is 4.26. The first-order valence-corrected chi connectivity index (χ1v) is 9.16. The summed E-state index contributed by atoms with van der Waals surface area (Å²) in [5.74, 6) is 0. The van der Waals surface area contributed by atoms with Gasteiger partial charge in [-0.2, -0.15) is 0 Å². The molecule has 19 heavy (non-hydrogen) atoms. The van der Waals surface area contributed by atoms with Crippen molar-refractivity contribution in [3.8, 4) is 0 Å². The van der Waals surface area contributed by atoms with Gasteiger partial charge in [0.2, 0.25) is 0 Å². The zero-order chi connectivity index (χ0) is 14.0. The van der Waals surface area contributed by atoms with Gasteiger partial charge in [-0.05, 0) is 59.2 Å². The fourth-order valence-electron chi connectivity index (χ4n) is 2.01. The Labute approximate surface area is 143 Å². The highest BCUT2D eigenvalue weighted by atomic mass is 79.9. The number of hydrogen-bond acceptors (Lipinski definition) is 2. The minimum atomic E-state index is 0.215. The molecule has 0 bridgehead atoms. The van der Waals surface area contributed by atoms with Gasteiger partial charge >= 0.3 is 0 Å². The van der Waals surface area contributed by atoms with Gasteiger partial charge in [0.25, 0.3) is 0 Å². The number of nitrogens with one attached hydrogen (secondary N) is 1. The lowest BCUT2D eigenvalue weighted by atomic mass is 10.1. The number of rotatable bonds is 4. The highest BCUT2D eigenvalue weighted by molar-refractivity contribution is 9.11. The number of aryl methyl sites for hydroxylation is 1. The summed E-state index contributed by atoms with van der Waals surface area (Å²) in [5.41, 5.74) is 1.26. The molecule has 0 fully saturated rings. The predicted molar refractivity (Wildman–Crippen MR) is 94.1 cm³/mol. The first-order chi connectivity index (χ1) is 9.01. The van der Waals surface area contributed by atoms with Crippen LogP contribution in [0.25, 0.3) is 0 Å². The first kappa shape index (κ1) is 15.7. The molecule has 0 amide bonds. The third kappa shape index (κ3) is 3.91. The van der Waals surface area contributed by atoms with Crippen LogP contribution in [0.2, 0.25) is 0 Å². The van der Waals surface area contributed by atoms with Crippen molar-refractivity contribution in [3.05, 3.63) is 53.0 Å². The van der Waals surface area contributed by atoms with E-state index in [0.717, 1.165) is 15.5 Å². The lowest BCUT2D eigenvalue weighted by molar-refractivity contribution is 0.637. The van der Waals surface area contributed by atoms with E-state index in [-0.39, 0.29) is 6.04 Å². The van der Waals surface area contributed by atoms with E-state index in [1.807, 2.05) is 11.3 Å². The number of hydrogen-bond donors (Lipinski definition) is 1. The molecule has 0 radical (unpaired) electrons. The van der Waals surface area contributed by atoms with Crippen LogP contribution in [0.1, 0.15) is 28.3 Å². The molecule has 1 nitrogen and oxygen atoms in total. The lowest BCUT2D eigenvalue weighted by Crippen LogP contribution is -2.21. The molecule has 2 rings (SSSR count). The summed E-state index contributed by atoms with van der Waals surface area (Å²) in [5, 5.41) is 3.56. The van der Waals surface area contributed by atoms with Crippen LogP contribution in [0.5, 0.6) is 0 Å². The van der Waals surface area contributed by atoms with E-state index >= 15 is 0 Å². The molecule has 0 aliphatic carbocycles. The van der Waals surface area contributed by atoms with Gasteiger partial charge in [-0.15, -0.1) is 11.3 Å². The van der Waals surface area contributed by atoms with Gasteiger partial charge in [0.05, 0.1) is 6.04 Å². The first-order valence-electron chi connectivity index (χ1n) is 5.96. The number of benzene rings is 1. The van der Waals surface area contributed by atoms with Crippen LogP contribution in [-0.2, 0) is 0 Å². The van der Waals surface area contributed by atoms with E-state index in [1.165, 1.54) is 19.8 Å². The minimum Gasteiger partial charge on any atom is -0.306 e. The fourth-order valence-corrected chi connectivity index (χ4v) is 5.32. The lowest BCUT2D eigenvalue weighted by Gasteiger charge is -2.18. The molecule has 5 heteroatoms. The van der Waals surface area contributed by atoms with E-state index in [2.05, 4.69) is 91.2 Å². The monoisotopic (exact) mass is 465 g/mol. The Morgan fingerprint density at radius 3 is 2.21 bits per heavy atom. The summed E-state index contributed by atoms with van der Waals surface area (Å²) in [6, 6.07) is 8.78. The molecular weight excluding hydrogens is 454 g/mol. The Morgan fingerprint density at radius 2 is 1.74 bits per heavy atom. The van der Waals surface area contributed by atoms with Crippen molar-refractivity contribution >= 4 is 59.1 Å². The highest BCUT2D eigenvalue weighted by Gasteiger charge is 2.19. The second kappa shape index (κ2) is 6.85. The van der Waals surface area contributed by atoms with Crippen molar-refractivity contribution in [1.82, 2.24) is 5.32 Å². The van der Waals surface area contributed by atoms with E-state index in [4.69, 9.17) is 0 Å². The quantitative estimate of drug-likeness (QED) is 0.577. The van der Waals surface area contributed by atoms with Crippen LogP contribution >= 0.6 is 59.1 Å². The molecule has 1 N–H and O–H groups in total. The van der Waals surface area contributed by atoms with Gasteiger partial charge in [-0.25, -0.2) is 0 Å². The molecule has 2 aromatic rings. The van der Waals surface area contributed by atoms with E-state index < -0.39 is 0 Å². The molecule has 1 atom stereocenters. The Balaban J connectivity index is 2.47. The standard InChI is InChI=1S/C14H14Br3NS/c1-3-18-13(14-12(17)4-8(2)19-14)9-5-10(15)7-11(16)6-9/h4-7,13,18H,3H2,1-2H3. The molecule has 1 aromatic carbocycles. The van der Waals surface area contributed by atoms with Gasteiger partial charge in [0.1, 0.15) is 0 Å². The average Bonchev–Trinajstić information content (AvgIpc) is 2.64. The zero-order valence-electron chi connectivity index (χ0n) is 10.6. The largest absolute Gasteiger partial charge is 0.306 e. The third-order valence-corrected chi connectivity index (χ3v) is 5.67. The number of halogens is 3. The Hall–Kier alpha value is 0.320. The summed E-state index contributed by atoms with van der Waals surface area (Å²) in [6.07, 6.45) is 0. The van der Waals surface area contributed by atoms with Gasteiger partial charge in [-0.1, -0.05) is 38.8 Å². The van der Waals surface area contributed by atoms with Crippen LogP contribution in [0.4, 0.5) is 0 Å². The average molecular weight is 468 g/mol. The maximum absolute atomic E-state index is 3.67. The van der Waals surface area contributed by atoms with Gasteiger partial charge in [0.15, 0.2) is 0 Å². The topological polar surface area (TPSA) is 12.0 Å². The Morgan fingerprint density at radius 1 is 1.11 bits per heavy atom. The zero-order valence-corrected chi connectivity index (χ0v) is 16.2. The third-order valence-electron chi connectivity index (χ3n) is 2.72. The van der Waals surface area contributed by atoms with Crippen LogP contribution in [-0.4, -0.2) is 6.54 Å². The SMILES string of the molecule is CCNC(c1cc(Br)cc(Br)c1)c1sc(C)cc1Br. The maximum atomic E-state index is 3.67. The van der Waals surface area contributed by atoms with Crippen LogP contribution < -0.4 is 5.32 Å². The van der Waals surface area contributed by atoms with Crippen molar-refractivity contribution < 1.29 is 0 Å². The molecule has 0 saturated carbocycles. The van der Waals surface area contributed by atoms with Crippen molar-refractivity contribution in [3.63, 3.8) is 0 Å². The Kier molecular flexibility index (Phi) is 5.66. The molecule has 1 unspecified atom stereocenters. The molecule has 1 aromatic heterocycles. The van der Waals surface area contributed by atoms with Crippen LogP contribution in [0.3, 0.4) is 0 Å². The smallest absolute Gasteiger partial charge is 0.0683 e. The highest BCUT2D eigenvalue weighted by Crippen LogP contribution is 2.37. The summed E-state index contributed by atoms with van der Waals surface area (Å²) >= 11 is 12.6. The van der Waals surface area contributed by atoms with Crippen molar-refractivity contribution in [1.29, 1.82) is 0 Å². The molecule has 0 saturated heterocycles. The molecule has 102 valence electrons. The van der Waals surface area contributed by atoms with Crippen molar-refractivity contribution in [2.24, 2.45) is 0 Å². The second-order valence-corrected chi connectivity index (χ2v) is 8.24. The Bertz CT molecular complexity index is 560. The maximum Gasteiger partial charge on any atom is 0.0683 e. The predicted octanol–water partition coefficient (Wildman–Crippen LogP) is 6.04. The number of thiophene rings is 1. The molecular formula is C14H14Br3NS. The molecule has 0 aliphatic rings. The molecule has 0 aliphatic heterocycles. The molecule has 0 spiro atoms. The summed E-state index contributed by atoms with van der Waals surface area (Å²) in [4.78, 5) is 2.64. The van der Waals surface area contributed by atoms with E-state index in [0.29, 0.717) is 0 Å². The summed E-state index contributed by atoms with van der Waals surface area (Å²) in [6.45, 7) is 5.20. The summed E-state index contributed by atoms with van der Waals surface area (Å²) in [7, 11) is 0. The van der Waals surface area contributed by atoms with E-state index in [9.17, 15) is 0 Å². The summed E-state index contributed by atoms with van der Waals surface area (Å²) < 4.78 is 3.35. The van der Waals surface area contributed by atoms with Gasteiger partial charge < -0.3 is 5.32 Å². The van der Waals surface area contributed by atoms with Crippen LogP contribution in [0, 0.1) is 6.92 Å². The minimum absolute atomic E-state index is 0.215. The normalized spacial score (nSPS) is 12.7. The fraction of sp³-hybridized carbons (Fsp3) is 0.286. The van der Waals surface area contributed by atoms with Crippen LogP contribution in [0.15, 0.2) is 37.7 Å². The molecule has 1 heterocycles. The van der Waals surface area contributed by atoms with Gasteiger partial charge in [0, 0.05) is 23.2 Å². The van der Waals surface area contributed by atoms with Crippen molar-refractivity contribution in [2.45, 2.75) is 19.9 Å². The van der Waals surface area contributed by atoms with Crippen molar-refractivity contribution in [2.75, 3.05) is 6.54 Å². The van der Waals surface area contributed by atoms with E-state index in [1.54, 1.807) is 0 Å². The van der Waals surface area contributed by atoms with Gasteiger partial charge in [-0.3, -0.25) is 0 Å².